The maximum absolute atomic E-state index is 14.7. The van der Waals surface area contributed by atoms with E-state index >= 15 is 0 Å². The SMILES string of the molecule is COc1ccc(CCOc2nc(-c3ccccc3F)n(-c3ccc(NC(=O)c4ccc(F)c(C)c4)cc3)n2)cc1. The maximum atomic E-state index is 14.7. The quantitative estimate of drug-likeness (QED) is 0.234. The van der Waals surface area contributed by atoms with Gasteiger partial charge in [0, 0.05) is 17.7 Å². The molecule has 0 saturated heterocycles. The number of halogens is 2. The van der Waals surface area contributed by atoms with Gasteiger partial charge in [0.2, 0.25) is 0 Å². The molecule has 0 saturated carbocycles. The number of nitrogens with zero attached hydrogens (tertiary/aromatic N) is 3. The van der Waals surface area contributed by atoms with Crippen molar-refractivity contribution in [3.63, 3.8) is 0 Å². The monoisotopic (exact) mass is 540 g/mol. The second kappa shape index (κ2) is 11.8. The zero-order valence-electron chi connectivity index (χ0n) is 21.9. The van der Waals surface area contributed by atoms with E-state index in [1.165, 1.54) is 28.9 Å². The molecule has 9 heteroatoms. The molecule has 5 rings (SSSR count). The molecule has 1 N–H and O–H groups in total. The molecule has 0 aliphatic heterocycles. The highest BCUT2D eigenvalue weighted by Crippen LogP contribution is 2.27. The lowest BCUT2D eigenvalue weighted by Gasteiger charge is -2.09. The van der Waals surface area contributed by atoms with E-state index in [1.807, 2.05) is 24.3 Å². The van der Waals surface area contributed by atoms with Crippen molar-refractivity contribution >= 4 is 11.6 Å². The van der Waals surface area contributed by atoms with Crippen molar-refractivity contribution in [1.82, 2.24) is 14.8 Å². The number of carbonyl (C=O) groups excluding carboxylic acids is 1. The van der Waals surface area contributed by atoms with E-state index in [9.17, 15) is 13.6 Å². The Morgan fingerprint density at radius 1 is 0.925 bits per heavy atom. The van der Waals surface area contributed by atoms with Crippen LogP contribution in [0.15, 0.2) is 91.0 Å². The van der Waals surface area contributed by atoms with E-state index in [-0.39, 0.29) is 29.1 Å². The Balaban J connectivity index is 1.35. The van der Waals surface area contributed by atoms with Crippen molar-refractivity contribution in [2.75, 3.05) is 19.0 Å². The van der Waals surface area contributed by atoms with Crippen LogP contribution in [-0.4, -0.2) is 34.4 Å². The first kappa shape index (κ1) is 26.6. The molecule has 0 unspecified atom stereocenters. The number of rotatable bonds is 9. The molecule has 0 fully saturated rings. The zero-order chi connectivity index (χ0) is 28.1. The summed E-state index contributed by atoms with van der Waals surface area (Å²) in [7, 11) is 1.62. The molecule has 1 aromatic heterocycles. The van der Waals surface area contributed by atoms with E-state index in [0.717, 1.165) is 11.3 Å². The minimum Gasteiger partial charge on any atom is -0.497 e. The van der Waals surface area contributed by atoms with Crippen LogP contribution in [0.1, 0.15) is 21.5 Å². The Labute approximate surface area is 230 Å². The summed E-state index contributed by atoms with van der Waals surface area (Å²) in [6.45, 7) is 1.92. The lowest BCUT2D eigenvalue weighted by atomic mass is 10.1. The van der Waals surface area contributed by atoms with Gasteiger partial charge >= 0.3 is 6.01 Å². The molecule has 0 aliphatic carbocycles. The molecule has 0 atom stereocenters. The number of ether oxygens (including phenoxy) is 2. The second-order valence-electron chi connectivity index (χ2n) is 9.02. The minimum atomic E-state index is -0.445. The highest BCUT2D eigenvalue weighted by molar-refractivity contribution is 6.04. The van der Waals surface area contributed by atoms with Crippen molar-refractivity contribution in [2.24, 2.45) is 0 Å². The van der Waals surface area contributed by atoms with E-state index in [2.05, 4.69) is 15.4 Å². The van der Waals surface area contributed by atoms with Gasteiger partial charge in [-0.3, -0.25) is 4.79 Å². The van der Waals surface area contributed by atoms with E-state index in [1.54, 1.807) is 56.5 Å². The number of hydrogen-bond donors (Lipinski definition) is 1. The van der Waals surface area contributed by atoms with Crippen LogP contribution in [-0.2, 0) is 6.42 Å². The van der Waals surface area contributed by atoms with Gasteiger partial charge in [0.25, 0.3) is 5.91 Å². The van der Waals surface area contributed by atoms with Gasteiger partial charge in [0.1, 0.15) is 17.4 Å². The molecule has 40 heavy (non-hydrogen) atoms. The zero-order valence-corrected chi connectivity index (χ0v) is 21.9. The normalized spacial score (nSPS) is 10.8. The number of methoxy groups -OCH3 is 1. The van der Waals surface area contributed by atoms with Crippen LogP contribution in [0.5, 0.6) is 11.8 Å². The number of aryl methyl sites for hydroxylation is 1. The predicted octanol–water partition coefficient (Wildman–Crippen LogP) is 6.40. The number of amides is 1. The number of carbonyl (C=O) groups is 1. The van der Waals surface area contributed by atoms with Crippen molar-refractivity contribution in [1.29, 1.82) is 0 Å². The van der Waals surface area contributed by atoms with E-state index in [0.29, 0.717) is 35.5 Å². The highest BCUT2D eigenvalue weighted by atomic mass is 19.1. The summed E-state index contributed by atoms with van der Waals surface area (Å²) in [6, 6.07) is 25.1. The topological polar surface area (TPSA) is 78.3 Å². The molecule has 0 bridgehead atoms. The number of anilines is 1. The number of benzene rings is 4. The first-order valence-electron chi connectivity index (χ1n) is 12.6. The van der Waals surface area contributed by atoms with Gasteiger partial charge in [-0.2, -0.15) is 4.98 Å². The first-order valence-corrected chi connectivity index (χ1v) is 12.6. The summed E-state index contributed by atoms with van der Waals surface area (Å²) >= 11 is 0. The van der Waals surface area contributed by atoms with Gasteiger partial charge in [-0.15, -0.1) is 5.10 Å². The standard InChI is InChI=1S/C31H26F2N4O3/c1-20-19-22(9-16-27(20)32)30(38)34-23-10-12-24(13-11-23)37-29(26-5-3-4-6-28(26)33)35-31(36-37)40-18-17-21-7-14-25(39-2)15-8-21/h3-16,19H,17-18H2,1-2H3,(H,34,38). The average Bonchev–Trinajstić information content (AvgIpc) is 3.39. The molecule has 7 nitrogen and oxygen atoms in total. The fourth-order valence-corrected chi connectivity index (χ4v) is 4.08. The molecule has 202 valence electrons. The van der Waals surface area contributed by atoms with Crippen molar-refractivity contribution < 1.29 is 23.0 Å². The summed E-state index contributed by atoms with van der Waals surface area (Å²) in [4.78, 5) is 17.1. The van der Waals surface area contributed by atoms with E-state index in [4.69, 9.17) is 9.47 Å². The number of hydrogen-bond acceptors (Lipinski definition) is 5. The molecule has 4 aromatic carbocycles. The average molecular weight is 541 g/mol. The molecule has 0 radical (unpaired) electrons. The third-order valence-corrected chi connectivity index (χ3v) is 6.27. The van der Waals surface area contributed by atoms with Crippen LogP contribution in [0.25, 0.3) is 17.1 Å². The van der Waals surface area contributed by atoms with E-state index < -0.39 is 5.82 Å². The Morgan fingerprint density at radius 2 is 1.68 bits per heavy atom. The summed E-state index contributed by atoms with van der Waals surface area (Å²) < 4.78 is 40.8. The third-order valence-electron chi connectivity index (χ3n) is 6.27. The van der Waals surface area contributed by atoms with Crippen LogP contribution in [0.4, 0.5) is 14.5 Å². The summed E-state index contributed by atoms with van der Waals surface area (Å²) in [5.74, 6) is -0.133. The Bertz CT molecular complexity index is 1630. The Hall–Kier alpha value is -5.05. The number of nitrogens with one attached hydrogen (secondary N) is 1. The summed E-state index contributed by atoms with van der Waals surface area (Å²) in [5, 5.41) is 7.28. The van der Waals surface area contributed by atoms with Crippen LogP contribution in [0.2, 0.25) is 0 Å². The largest absolute Gasteiger partial charge is 0.497 e. The molecule has 1 heterocycles. The predicted molar refractivity (Wildman–Crippen MR) is 148 cm³/mol. The minimum absolute atomic E-state index is 0.107. The Morgan fingerprint density at radius 3 is 2.38 bits per heavy atom. The fraction of sp³-hybridized carbons (Fsp3) is 0.129. The highest BCUT2D eigenvalue weighted by Gasteiger charge is 2.18. The first-order chi connectivity index (χ1) is 19.4. The lowest BCUT2D eigenvalue weighted by Crippen LogP contribution is -2.12. The molecule has 5 aromatic rings. The van der Waals surface area contributed by atoms with Gasteiger partial charge in [-0.05, 0) is 84.8 Å². The third kappa shape index (κ3) is 5.99. The van der Waals surface area contributed by atoms with Crippen molar-refractivity contribution in [3.05, 3.63) is 119 Å². The number of aromatic nitrogens is 3. The summed E-state index contributed by atoms with van der Waals surface area (Å²) in [5.41, 5.74) is 3.17. The van der Waals surface area contributed by atoms with Gasteiger partial charge in [0.15, 0.2) is 5.82 Å². The van der Waals surface area contributed by atoms with Crippen LogP contribution in [0.3, 0.4) is 0 Å². The molecular formula is C31H26F2N4O3. The van der Waals surface area contributed by atoms with Gasteiger partial charge in [-0.25, -0.2) is 13.5 Å². The lowest BCUT2D eigenvalue weighted by molar-refractivity contribution is 0.102. The van der Waals surface area contributed by atoms with Crippen molar-refractivity contribution in [2.45, 2.75) is 13.3 Å². The van der Waals surface area contributed by atoms with Crippen LogP contribution in [0, 0.1) is 18.6 Å². The van der Waals surface area contributed by atoms with Crippen LogP contribution >= 0.6 is 0 Å². The molecule has 0 spiro atoms. The van der Waals surface area contributed by atoms with Gasteiger partial charge in [-0.1, -0.05) is 24.3 Å². The van der Waals surface area contributed by atoms with Gasteiger partial charge in [0.05, 0.1) is 25.0 Å². The second-order valence-corrected chi connectivity index (χ2v) is 9.02. The fourth-order valence-electron chi connectivity index (χ4n) is 4.08. The van der Waals surface area contributed by atoms with Crippen molar-refractivity contribution in [3.8, 4) is 28.8 Å². The molecular weight excluding hydrogens is 514 g/mol. The summed E-state index contributed by atoms with van der Waals surface area (Å²) in [6.07, 6.45) is 0.621. The van der Waals surface area contributed by atoms with Crippen LogP contribution < -0.4 is 14.8 Å². The Kier molecular flexibility index (Phi) is 7.82. The smallest absolute Gasteiger partial charge is 0.336 e. The molecule has 1 amide bonds. The molecule has 0 aliphatic rings. The maximum Gasteiger partial charge on any atom is 0.336 e. The van der Waals surface area contributed by atoms with Gasteiger partial charge < -0.3 is 14.8 Å².